The van der Waals surface area contributed by atoms with Gasteiger partial charge in [0.25, 0.3) is 0 Å². The van der Waals surface area contributed by atoms with Gasteiger partial charge in [0.05, 0.1) is 22.9 Å². The van der Waals surface area contributed by atoms with Crippen molar-refractivity contribution < 1.29 is 9.53 Å². The molecular weight excluding hydrogens is 258 g/mol. The highest BCUT2D eigenvalue weighted by atomic mass is 32.1. The monoisotopic (exact) mass is 269 g/mol. The Labute approximate surface area is 114 Å². The fourth-order valence-electron chi connectivity index (χ4n) is 1.87. The van der Waals surface area contributed by atoms with Gasteiger partial charge < -0.3 is 4.74 Å². The van der Waals surface area contributed by atoms with Crippen molar-refractivity contribution in [2.24, 2.45) is 0 Å². The van der Waals surface area contributed by atoms with Crippen LogP contribution in [-0.2, 0) is 4.74 Å². The van der Waals surface area contributed by atoms with Crippen LogP contribution in [0.15, 0.2) is 48.5 Å². The number of hydrogen-bond acceptors (Lipinski definition) is 4. The van der Waals surface area contributed by atoms with E-state index in [9.17, 15) is 4.79 Å². The first-order chi connectivity index (χ1) is 9.28. The Balaban J connectivity index is 2.09. The highest BCUT2D eigenvalue weighted by Crippen LogP contribution is 2.30. The minimum atomic E-state index is -0.323. The van der Waals surface area contributed by atoms with E-state index < -0.39 is 0 Å². The van der Waals surface area contributed by atoms with Crippen LogP contribution in [0.4, 0.5) is 0 Å². The molecule has 0 fully saturated rings. The molecule has 0 saturated heterocycles. The van der Waals surface area contributed by atoms with Gasteiger partial charge in [0.1, 0.15) is 5.01 Å². The summed E-state index contributed by atoms with van der Waals surface area (Å²) >= 11 is 1.57. The average Bonchev–Trinajstić information content (AvgIpc) is 2.90. The number of thiazole rings is 1. The van der Waals surface area contributed by atoms with Crippen molar-refractivity contribution in [2.75, 3.05) is 7.11 Å². The molecule has 0 aliphatic heterocycles. The van der Waals surface area contributed by atoms with E-state index in [0.717, 1.165) is 20.8 Å². The zero-order chi connectivity index (χ0) is 13.2. The first-order valence-corrected chi connectivity index (χ1v) is 6.64. The quantitative estimate of drug-likeness (QED) is 0.665. The van der Waals surface area contributed by atoms with Crippen LogP contribution in [0.3, 0.4) is 0 Å². The van der Waals surface area contributed by atoms with Gasteiger partial charge in [0, 0.05) is 5.56 Å². The van der Waals surface area contributed by atoms with Crippen LogP contribution >= 0.6 is 11.3 Å². The lowest BCUT2D eigenvalue weighted by Gasteiger charge is -1.97. The standard InChI is InChI=1S/C15H11NO2S/c1-18-15(17)11-7-8-12-13(9-11)19-14(16-12)10-5-3-2-4-6-10/h2-9H,1H3. The minimum Gasteiger partial charge on any atom is -0.465 e. The minimum absolute atomic E-state index is 0.323. The summed E-state index contributed by atoms with van der Waals surface area (Å²) < 4.78 is 5.71. The van der Waals surface area contributed by atoms with E-state index >= 15 is 0 Å². The fourth-order valence-corrected chi connectivity index (χ4v) is 2.88. The van der Waals surface area contributed by atoms with Crippen LogP contribution in [0, 0.1) is 0 Å². The number of methoxy groups -OCH3 is 1. The van der Waals surface area contributed by atoms with Crippen molar-refractivity contribution in [3.63, 3.8) is 0 Å². The Kier molecular flexibility index (Phi) is 3.01. The Morgan fingerprint density at radius 3 is 2.68 bits per heavy atom. The molecule has 94 valence electrons. The van der Waals surface area contributed by atoms with E-state index in [1.165, 1.54) is 7.11 Å². The molecule has 0 aliphatic carbocycles. The zero-order valence-corrected chi connectivity index (χ0v) is 11.1. The van der Waals surface area contributed by atoms with E-state index in [0.29, 0.717) is 5.56 Å². The number of benzene rings is 2. The fraction of sp³-hybridized carbons (Fsp3) is 0.0667. The van der Waals surface area contributed by atoms with Gasteiger partial charge in [-0.05, 0) is 18.2 Å². The van der Waals surface area contributed by atoms with Crippen LogP contribution in [0.5, 0.6) is 0 Å². The Morgan fingerprint density at radius 1 is 1.16 bits per heavy atom. The molecule has 0 amide bonds. The maximum atomic E-state index is 11.5. The van der Waals surface area contributed by atoms with E-state index in [2.05, 4.69) is 4.98 Å². The average molecular weight is 269 g/mol. The summed E-state index contributed by atoms with van der Waals surface area (Å²) in [5.41, 5.74) is 2.54. The third-order valence-corrected chi connectivity index (χ3v) is 3.90. The van der Waals surface area contributed by atoms with Gasteiger partial charge in [-0.3, -0.25) is 0 Å². The maximum Gasteiger partial charge on any atom is 0.337 e. The van der Waals surface area contributed by atoms with Crippen molar-refractivity contribution in [1.82, 2.24) is 4.98 Å². The van der Waals surface area contributed by atoms with E-state index in [1.54, 1.807) is 17.4 Å². The van der Waals surface area contributed by atoms with Gasteiger partial charge in [-0.1, -0.05) is 30.3 Å². The third-order valence-electron chi connectivity index (χ3n) is 2.83. The normalized spacial score (nSPS) is 10.6. The molecular formula is C15H11NO2S. The molecule has 1 aromatic heterocycles. The highest BCUT2D eigenvalue weighted by molar-refractivity contribution is 7.21. The summed E-state index contributed by atoms with van der Waals surface area (Å²) in [4.78, 5) is 16.1. The molecule has 0 atom stereocenters. The number of rotatable bonds is 2. The van der Waals surface area contributed by atoms with Gasteiger partial charge in [-0.25, -0.2) is 9.78 Å². The predicted molar refractivity (Wildman–Crippen MR) is 76.4 cm³/mol. The van der Waals surface area contributed by atoms with Crippen LogP contribution in [-0.4, -0.2) is 18.1 Å². The number of esters is 1. The Hall–Kier alpha value is -2.20. The summed E-state index contributed by atoms with van der Waals surface area (Å²) in [7, 11) is 1.38. The smallest absolute Gasteiger partial charge is 0.337 e. The summed E-state index contributed by atoms with van der Waals surface area (Å²) in [6.07, 6.45) is 0. The first kappa shape index (κ1) is 11.9. The lowest BCUT2D eigenvalue weighted by molar-refractivity contribution is 0.0601. The number of aromatic nitrogens is 1. The zero-order valence-electron chi connectivity index (χ0n) is 10.3. The van der Waals surface area contributed by atoms with E-state index in [4.69, 9.17) is 4.74 Å². The van der Waals surface area contributed by atoms with Crippen molar-refractivity contribution in [3.8, 4) is 10.6 Å². The first-order valence-electron chi connectivity index (χ1n) is 5.82. The Bertz CT molecular complexity index is 734. The molecule has 0 N–H and O–H groups in total. The topological polar surface area (TPSA) is 39.2 Å². The van der Waals surface area contributed by atoms with Crippen LogP contribution in [0.25, 0.3) is 20.8 Å². The number of fused-ring (bicyclic) bond motifs is 1. The summed E-state index contributed by atoms with van der Waals surface area (Å²) in [6, 6.07) is 15.4. The molecule has 4 heteroatoms. The predicted octanol–water partition coefficient (Wildman–Crippen LogP) is 3.75. The van der Waals surface area contributed by atoms with Crippen LogP contribution < -0.4 is 0 Å². The van der Waals surface area contributed by atoms with Crippen LogP contribution in [0.2, 0.25) is 0 Å². The molecule has 0 unspecified atom stereocenters. The maximum absolute atomic E-state index is 11.5. The van der Waals surface area contributed by atoms with Crippen molar-refractivity contribution >= 4 is 27.5 Å². The Morgan fingerprint density at radius 2 is 1.95 bits per heavy atom. The van der Waals surface area contributed by atoms with Gasteiger partial charge in [-0.15, -0.1) is 11.3 Å². The summed E-state index contributed by atoms with van der Waals surface area (Å²) in [6.45, 7) is 0. The van der Waals surface area contributed by atoms with Gasteiger partial charge in [0.2, 0.25) is 0 Å². The van der Waals surface area contributed by atoms with Crippen molar-refractivity contribution in [1.29, 1.82) is 0 Å². The lowest BCUT2D eigenvalue weighted by atomic mass is 10.2. The molecule has 3 nitrogen and oxygen atoms in total. The second kappa shape index (κ2) is 4.82. The lowest BCUT2D eigenvalue weighted by Crippen LogP contribution is -1.99. The van der Waals surface area contributed by atoms with Gasteiger partial charge >= 0.3 is 5.97 Å². The number of carbonyl (C=O) groups excluding carboxylic acids is 1. The molecule has 0 aliphatic rings. The number of nitrogens with zero attached hydrogens (tertiary/aromatic N) is 1. The second-order valence-corrected chi connectivity index (χ2v) is 5.09. The summed E-state index contributed by atoms with van der Waals surface area (Å²) in [5, 5.41) is 0.956. The van der Waals surface area contributed by atoms with E-state index in [-0.39, 0.29) is 5.97 Å². The second-order valence-electron chi connectivity index (χ2n) is 4.06. The SMILES string of the molecule is COC(=O)c1ccc2nc(-c3ccccc3)sc2c1. The number of carbonyl (C=O) groups is 1. The molecule has 1 heterocycles. The number of ether oxygens (including phenoxy) is 1. The molecule has 0 saturated carbocycles. The molecule has 0 spiro atoms. The molecule has 0 bridgehead atoms. The van der Waals surface area contributed by atoms with Crippen molar-refractivity contribution in [2.45, 2.75) is 0 Å². The largest absolute Gasteiger partial charge is 0.465 e. The third kappa shape index (κ3) is 2.22. The molecule has 19 heavy (non-hydrogen) atoms. The van der Waals surface area contributed by atoms with Gasteiger partial charge in [-0.2, -0.15) is 0 Å². The van der Waals surface area contributed by atoms with E-state index in [1.807, 2.05) is 42.5 Å². The van der Waals surface area contributed by atoms with Crippen LogP contribution in [0.1, 0.15) is 10.4 Å². The molecule has 2 aromatic carbocycles. The molecule has 0 radical (unpaired) electrons. The highest BCUT2D eigenvalue weighted by Gasteiger charge is 2.10. The van der Waals surface area contributed by atoms with Gasteiger partial charge in [0.15, 0.2) is 0 Å². The number of hydrogen-bond donors (Lipinski definition) is 0. The summed E-state index contributed by atoms with van der Waals surface area (Å²) in [5.74, 6) is -0.323. The van der Waals surface area contributed by atoms with Crippen molar-refractivity contribution in [3.05, 3.63) is 54.1 Å². The molecule has 3 rings (SSSR count). The molecule has 3 aromatic rings.